The van der Waals surface area contributed by atoms with Gasteiger partial charge in [0.2, 0.25) is 0 Å². The summed E-state index contributed by atoms with van der Waals surface area (Å²) in [6.07, 6.45) is 0.804. The van der Waals surface area contributed by atoms with Gasteiger partial charge >= 0.3 is 0 Å². The van der Waals surface area contributed by atoms with E-state index in [2.05, 4.69) is 5.32 Å². The normalized spacial score (nSPS) is 10.5. The van der Waals surface area contributed by atoms with Gasteiger partial charge in [-0.3, -0.25) is 14.9 Å². The van der Waals surface area contributed by atoms with Gasteiger partial charge in [-0.15, -0.1) is 0 Å². The molecule has 104 valence electrons. The first-order valence-corrected chi connectivity index (χ1v) is 6.10. The minimum Gasteiger partial charge on any atom is -0.352 e. The topological polar surface area (TPSA) is 75.5 Å². The van der Waals surface area contributed by atoms with Crippen LogP contribution in [0.15, 0.2) is 18.2 Å². The van der Waals surface area contributed by atoms with Gasteiger partial charge in [-0.25, -0.2) is 0 Å². The fourth-order valence-corrected chi connectivity index (χ4v) is 1.78. The van der Waals surface area contributed by atoms with Crippen molar-refractivity contribution in [1.82, 2.24) is 10.2 Å². The van der Waals surface area contributed by atoms with Gasteiger partial charge < -0.3 is 10.2 Å². The molecule has 0 radical (unpaired) electrons. The van der Waals surface area contributed by atoms with E-state index in [1.54, 1.807) is 19.1 Å². The van der Waals surface area contributed by atoms with Crippen LogP contribution in [0.3, 0.4) is 0 Å². The van der Waals surface area contributed by atoms with Crippen molar-refractivity contribution in [1.29, 1.82) is 0 Å². The summed E-state index contributed by atoms with van der Waals surface area (Å²) in [5.74, 6) is -0.394. The zero-order chi connectivity index (χ0) is 14.4. The highest BCUT2D eigenvalue weighted by molar-refractivity contribution is 5.98. The van der Waals surface area contributed by atoms with E-state index in [0.717, 1.165) is 13.0 Å². The van der Waals surface area contributed by atoms with E-state index in [4.69, 9.17) is 0 Å². The summed E-state index contributed by atoms with van der Waals surface area (Å²) in [6.45, 7) is 2.99. The predicted octanol–water partition coefficient (Wildman–Crippen LogP) is 1.58. The summed E-state index contributed by atoms with van der Waals surface area (Å²) in [6, 6.07) is 4.75. The Bertz CT molecular complexity index is 472. The van der Waals surface area contributed by atoms with Crippen molar-refractivity contribution in [3.05, 3.63) is 39.4 Å². The maximum Gasteiger partial charge on any atom is 0.285 e. The van der Waals surface area contributed by atoms with Crippen LogP contribution in [0.25, 0.3) is 0 Å². The Morgan fingerprint density at radius 1 is 1.42 bits per heavy atom. The van der Waals surface area contributed by atoms with Gasteiger partial charge in [0.1, 0.15) is 5.56 Å². The lowest BCUT2D eigenvalue weighted by Crippen LogP contribution is -2.27. The standard InChI is InChI=1S/C13H19N3O3/c1-10-6-4-7-11(12(10)16(18)19)13(17)14-8-5-9-15(2)3/h4,6-7H,5,8-9H2,1-3H3,(H,14,17). The largest absolute Gasteiger partial charge is 0.352 e. The third-order valence-electron chi connectivity index (χ3n) is 2.73. The number of amides is 1. The minimum atomic E-state index is -0.510. The molecule has 0 aliphatic heterocycles. The Labute approximate surface area is 112 Å². The molecule has 6 nitrogen and oxygen atoms in total. The molecule has 0 aliphatic rings. The van der Waals surface area contributed by atoms with Crippen LogP contribution >= 0.6 is 0 Å². The van der Waals surface area contributed by atoms with Crippen LogP contribution in [0.4, 0.5) is 5.69 Å². The summed E-state index contributed by atoms with van der Waals surface area (Å²) in [5, 5.41) is 13.7. The molecular weight excluding hydrogens is 246 g/mol. The van der Waals surface area contributed by atoms with Crippen LogP contribution in [0, 0.1) is 17.0 Å². The van der Waals surface area contributed by atoms with Crippen LogP contribution in [0.1, 0.15) is 22.3 Å². The van der Waals surface area contributed by atoms with Crippen molar-refractivity contribution in [2.45, 2.75) is 13.3 Å². The van der Waals surface area contributed by atoms with E-state index < -0.39 is 10.8 Å². The Kier molecular flexibility index (Phi) is 5.44. The summed E-state index contributed by atoms with van der Waals surface area (Å²) < 4.78 is 0. The highest BCUT2D eigenvalue weighted by Gasteiger charge is 2.21. The summed E-state index contributed by atoms with van der Waals surface area (Å²) >= 11 is 0. The predicted molar refractivity (Wildman–Crippen MR) is 73.3 cm³/mol. The SMILES string of the molecule is Cc1cccc(C(=O)NCCCN(C)C)c1[N+](=O)[O-]. The molecule has 0 fully saturated rings. The van der Waals surface area contributed by atoms with E-state index in [0.29, 0.717) is 12.1 Å². The number of nitro benzene ring substituents is 1. The van der Waals surface area contributed by atoms with Crippen molar-refractivity contribution in [3.63, 3.8) is 0 Å². The second-order valence-corrected chi connectivity index (χ2v) is 4.64. The lowest BCUT2D eigenvalue weighted by atomic mass is 10.1. The van der Waals surface area contributed by atoms with E-state index in [-0.39, 0.29) is 11.3 Å². The Hall–Kier alpha value is -1.95. The first-order valence-electron chi connectivity index (χ1n) is 6.10. The number of rotatable bonds is 6. The molecule has 0 saturated carbocycles. The molecule has 19 heavy (non-hydrogen) atoms. The van der Waals surface area contributed by atoms with E-state index in [1.807, 2.05) is 19.0 Å². The lowest BCUT2D eigenvalue weighted by Gasteiger charge is -2.10. The average Bonchev–Trinajstić information content (AvgIpc) is 2.33. The van der Waals surface area contributed by atoms with Gasteiger partial charge in [-0.1, -0.05) is 12.1 Å². The maximum atomic E-state index is 11.9. The molecule has 0 aliphatic carbocycles. The Morgan fingerprint density at radius 3 is 2.68 bits per heavy atom. The average molecular weight is 265 g/mol. The quantitative estimate of drug-likeness (QED) is 0.481. The number of benzene rings is 1. The van der Waals surface area contributed by atoms with Crippen molar-refractivity contribution in [2.24, 2.45) is 0 Å². The van der Waals surface area contributed by atoms with Crippen LogP contribution in [-0.4, -0.2) is 42.9 Å². The van der Waals surface area contributed by atoms with E-state index >= 15 is 0 Å². The van der Waals surface area contributed by atoms with E-state index in [1.165, 1.54) is 6.07 Å². The van der Waals surface area contributed by atoms with Crippen LogP contribution in [0.2, 0.25) is 0 Å². The molecule has 1 N–H and O–H groups in total. The molecule has 0 spiro atoms. The lowest BCUT2D eigenvalue weighted by molar-refractivity contribution is -0.385. The van der Waals surface area contributed by atoms with Crippen molar-refractivity contribution >= 4 is 11.6 Å². The van der Waals surface area contributed by atoms with Crippen LogP contribution < -0.4 is 5.32 Å². The second kappa shape index (κ2) is 6.84. The molecule has 0 unspecified atom stereocenters. The Morgan fingerprint density at radius 2 is 2.11 bits per heavy atom. The zero-order valence-corrected chi connectivity index (χ0v) is 11.5. The van der Waals surface area contributed by atoms with Gasteiger partial charge in [0.15, 0.2) is 0 Å². The van der Waals surface area contributed by atoms with Crippen LogP contribution in [-0.2, 0) is 0 Å². The molecule has 0 atom stereocenters. The monoisotopic (exact) mass is 265 g/mol. The molecule has 1 aromatic rings. The van der Waals surface area contributed by atoms with Crippen molar-refractivity contribution in [2.75, 3.05) is 27.2 Å². The van der Waals surface area contributed by atoms with Gasteiger partial charge in [-0.2, -0.15) is 0 Å². The summed E-state index contributed by atoms with van der Waals surface area (Å²) in [7, 11) is 3.90. The highest BCUT2D eigenvalue weighted by Crippen LogP contribution is 2.22. The number of nitrogens with one attached hydrogen (secondary N) is 1. The fraction of sp³-hybridized carbons (Fsp3) is 0.462. The Balaban J connectivity index is 2.72. The van der Waals surface area contributed by atoms with Crippen LogP contribution in [0.5, 0.6) is 0 Å². The number of carbonyl (C=O) groups is 1. The van der Waals surface area contributed by atoms with Crippen molar-refractivity contribution < 1.29 is 9.72 Å². The van der Waals surface area contributed by atoms with E-state index in [9.17, 15) is 14.9 Å². The number of hydrogen-bond acceptors (Lipinski definition) is 4. The minimum absolute atomic E-state index is 0.118. The maximum absolute atomic E-state index is 11.9. The zero-order valence-electron chi connectivity index (χ0n) is 11.5. The van der Waals surface area contributed by atoms with Gasteiger partial charge in [0.25, 0.3) is 11.6 Å². The third kappa shape index (κ3) is 4.33. The number of nitro groups is 1. The molecular formula is C13H19N3O3. The first-order chi connectivity index (χ1) is 8.93. The van der Waals surface area contributed by atoms with Gasteiger partial charge in [0.05, 0.1) is 4.92 Å². The molecule has 6 heteroatoms. The number of aryl methyl sites for hydroxylation is 1. The van der Waals surface area contributed by atoms with Crippen molar-refractivity contribution in [3.8, 4) is 0 Å². The fourth-order valence-electron chi connectivity index (χ4n) is 1.78. The number of nitrogens with zero attached hydrogens (tertiary/aromatic N) is 2. The number of carbonyl (C=O) groups excluding carboxylic acids is 1. The molecule has 1 rings (SSSR count). The molecule has 0 aromatic heterocycles. The molecule has 0 bridgehead atoms. The third-order valence-corrected chi connectivity index (χ3v) is 2.73. The van der Waals surface area contributed by atoms with Gasteiger partial charge in [0, 0.05) is 12.1 Å². The molecule has 1 amide bonds. The second-order valence-electron chi connectivity index (χ2n) is 4.64. The molecule has 0 heterocycles. The first kappa shape index (κ1) is 15.1. The molecule has 0 saturated heterocycles. The summed E-state index contributed by atoms with van der Waals surface area (Å²) in [5.41, 5.74) is 0.494. The van der Waals surface area contributed by atoms with Gasteiger partial charge in [-0.05, 0) is 40.1 Å². The molecule has 1 aromatic carbocycles. The number of para-hydroxylation sites is 1. The smallest absolute Gasteiger partial charge is 0.285 e. The highest BCUT2D eigenvalue weighted by atomic mass is 16.6. The number of hydrogen-bond donors (Lipinski definition) is 1. The summed E-state index contributed by atoms with van der Waals surface area (Å²) in [4.78, 5) is 24.4.